The van der Waals surface area contributed by atoms with Gasteiger partial charge in [0, 0.05) is 64.5 Å². The van der Waals surface area contributed by atoms with Gasteiger partial charge in [0.2, 0.25) is 0 Å². The molecule has 0 radical (unpaired) electrons. The van der Waals surface area contributed by atoms with Crippen LogP contribution in [0.25, 0.3) is 38.9 Å². The number of pyridine rings is 3. The molecule has 0 atom stereocenters. The van der Waals surface area contributed by atoms with Crippen LogP contribution in [0.5, 0.6) is 11.5 Å². The first kappa shape index (κ1) is 29.6. The molecular formula is C38H34FN7O2. The van der Waals surface area contributed by atoms with Crippen LogP contribution in [0, 0.1) is 5.82 Å². The fourth-order valence-corrected chi connectivity index (χ4v) is 6.33. The Morgan fingerprint density at radius 3 is 2.54 bits per heavy atom. The second-order valence-corrected chi connectivity index (χ2v) is 12.0. The van der Waals surface area contributed by atoms with Gasteiger partial charge in [-0.05, 0) is 67.4 Å². The quantitative estimate of drug-likeness (QED) is 0.145. The summed E-state index contributed by atoms with van der Waals surface area (Å²) in [5, 5.41) is 0.927. The summed E-state index contributed by atoms with van der Waals surface area (Å²) in [7, 11) is 0. The smallest absolute Gasteiger partial charge is 0.138 e. The number of fused-ring (bicyclic) bond motifs is 2. The van der Waals surface area contributed by atoms with E-state index < -0.39 is 0 Å². The lowest BCUT2D eigenvalue weighted by Crippen LogP contribution is -2.25. The number of aromatic nitrogens is 4. The molecule has 0 saturated carbocycles. The Balaban J connectivity index is 1.07. The third-order valence-electron chi connectivity index (χ3n) is 8.77. The molecule has 0 aliphatic carbocycles. The third kappa shape index (κ3) is 6.30. The van der Waals surface area contributed by atoms with Crippen molar-refractivity contribution in [3.05, 3.63) is 127 Å². The first-order valence-corrected chi connectivity index (χ1v) is 16.1. The number of rotatable bonds is 10. The van der Waals surface area contributed by atoms with E-state index in [-0.39, 0.29) is 5.82 Å². The van der Waals surface area contributed by atoms with Gasteiger partial charge >= 0.3 is 0 Å². The number of hydrazine groups is 1. The van der Waals surface area contributed by atoms with Crippen LogP contribution in [-0.4, -0.2) is 51.1 Å². The van der Waals surface area contributed by atoms with Crippen LogP contribution >= 0.6 is 0 Å². The van der Waals surface area contributed by atoms with Gasteiger partial charge in [0.1, 0.15) is 30.5 Å². The lowest BCUT2D eigenvalue weighted by atomic mass is 9.99. The predicted molar refractivity (Wildman–Crippen MR) is 185 cm³/mol. The van der Waals surface area contributed by atoms with E-state index in [2.05, 4.69) is 36.8 Å². The highest BCUT2D eigenvalue weighted by Gasteiger charge is 2.20. The second-order valence-electron chi connectivity index (χ2n) is 12.0. The summed E-state index contributed by atoms with van der Waals surface area (Å²) < 4.78 is 26.9. The van der Waals surface area contributed by atoms with Gasteiger partial charge in [-0.25, -0.2) is 4.39 Å². The first-order valence-electron chi connectivity index (χ1n) is 16.1. The molecule has 240 valence electrons. The van der Waals surface area contributed by atoms with Crippen LogP contribution in [0.2, 0.25) is 0 Å². The minimum Gasteiger partial charge on any atom is -0.492 e. The Hall–Kier alpha value is -5.74. The highest BCUT2D eigenvalue weighted by molar-refractivity contribution is 5.99. The zero-order valence-electron chi connectivity index (χ0n) is 26.2. The maximum atomic E-state index is 14.9. The first-order chi connectivity index (χ1) is 23.7. The number of benzene rings is 2. The summed E-state index contributed by atoms with van der Waals surface area (Å²) in [6, 6.07) is 21.0. The molecule has 6 aromatic rings. The minimum absolute atomic E-state index is 0.348. The van der Waals surface area contributed by atoms with Gasteiger partial charge in [0.15, 0.2) is 0 Å². The Morgan fingerprint density at radius 1 is 0.792 bits per heavy atom. The van der Waals surface area contributed by atoms with Crippen LogP contribution < -0.4 is 20.3 Å². The van der Waals surface area contributed by atoms with E-state index in [1.54, 1.807) is 31.0 Å². The Morgan fingerprint density at radius 2 is 1.65 bits per heavy atom. The molecule has 2 aromatic carbocycles. The number of halogens is 1. The van der Waals surface area contributed by atoms with Crippen LogP contribution in [0.4, 0.5) is 10.1 Å². The van der Waals surface area contributed by atoms with Gasteiger partial charge in [-0.3, -0.25) is 25.3 Å². The molecule has 2 aliphatic heterocycles. The van der Waals surface area contributed by atoms with Crippen molar-refractivity contribution in [2.75, 3.05) is 31.7 Å². The standard InChI is InChI=1S/C38H34FN7O2/c39-28-12-26(13-29(15-28)47-11-10-46-8-4-5-9-46)33-20-41-22-37-31(33)17-36(44-37)34-21-43-45-38-23-42-35(16-32(34)38)27-14-30(19-40-18-27)48-24-25-6-2-1-3-7-25/h1-3,6-7,12-23,43-45H,4-5,8-11,24H2. The maximum Gasteiger partial charge on any atom is 0.138 e. The Kier molecular flexibility index (Phi) is 8.13. The van der Waals surface area contributed by atoms with E-state index in [9.17, 15) is 4.39 Å². The molecule has 8 rings (SSSR count). The summed E-state index contributed by atoms with van der Waals surface area (Å²) >= 11 is 0. The van der Waals surface area contributed by atoms with Crippen LogP contribution in [0.3, 0.4) is 0 Å². The van der Waals surface area contributed by atoms with E-state index in [1.807, 2.05) is 54.7 Å². The van der Waals surface area contributed by atoms with Gasteiger partial charge in [0.25, 0.3) is 0 Å². The number of hydrogen-bond donors (Lipinski definition) is 3. The molecule has 0 unspecified atom stereocenters. The number of aromatic amines is 1. The number of nitrogens with zero attached hydrogens (tertiary/aromatic N) is 4. The summed E-state index contributed by atoms with van der Waals surface area (Å²) in [6.07, 6.45) is 13.2. The molecule has 0 spiro atoms. The average Bonchev–Trinajstić information content (AvgIpc) is 3.81. The third-order valence-corrected chi connectivity index (χ3v) is 8.77. The van der Waals surface area contributed by atoms with Crippen LogP contribution in [0.15, 0.2) is 104 Å². The Labute approximate surface area is 277 Å². The van der Waals surface area contributed by atoms with Crippen LogP contribution in [-0.2, 0) is 6.61 Å². The average molecular weight is 640 g/mol. The molecule has 6 heterocycles. The monoisotopic (exact) mass is 639 g/mol. The second kappa shape index (κ2) is 13.2. The van der Waals surface area contributed by atoms with Crippen molar-refractivity contribution in [1.29, 1.82) is 0 Å². The van der Waals surface area contributed by atoms with Crippen molar-refractivity contribution < 1.29 is 13.9 Å². The summed E-state index contributed by atoms with van der Waals surface area (Å²) in [6.45, 7) is 4.00. The number of ether oxygens (including phenoxy) is 2. The minimum atomic E-state index is -0.348. The van der Waals surface area contributed by atoms with Gasteiger partial charge in [-0.15, -0.1) is 0 Å². The molecule has 0 amide bonds. The van der Waals surface area contributed by atoms with E-state index in [0.29, 0.717) is 30.3 Å². The van der Waals surface area contributed by atoms with E-state index in [1.165, 1.54) is 25.0 Å². The van der Waals surface area contributed by atoms with Gasteiger partial charge in [-0.1, -0.05) is 30.3 Å². The van der Waals surface area contributed by atoms with E-state index in [0.717, 1.165) is 75.4 Å². The molecule has 3 N–H and O–H groups in total. The molecule has 1 fully saturated rings. The maximum absolute atomic E-state index is 14.9. The molecular weight excluding hydrogens is 605 g/mol. The molecule has 48 heavy (non-hydrogen) atoms. The fourth-order valence-electron chi connectivity index (χ4n) is 6.33. The topological polar surface area (TPSA) is 100 Å². The molecule has 4 aromatic heterocycles. The number of nitrogens with one attached hydrogen (secondary N) is 3. The number of anilines is 1. The predicted octanol–water partition coefficient (Wildman–Crippen LogP) is 7.20. The van der Waals surface area contributed by atoms with Gasteiger partial charge in [0.05, 0.1) is 35.5 Å². The van der Waals surface area contributed by atoms with Crippen molar-refractivity contribution in [3.63, 3.8) is 0 Å². The van der Waals surface area contributed by atoms with Crippen molar-refractivity contribution in [2.24, 2.45) is 0 Å². The van der Waals surface area contributed by atoms with Crippen molar-refractivity contribution >= 4 is 22.2 Å². The fraction of sp³-hybridized carbons (Fsp3) is 0.184. The zero-order chi connectivity index (χ0) is 32.3. The Bertz CT molecular complexity index is 2110. The normalized spacial score (nSPS) is 14.2. The molecule has 0 bridgehead atoms. The van der Waals surface area contributed by atoms with E-state index in [4.69, 9.17) is 14.5 Å². The molecule has 10 heteroatoms. The number of hydrogen-bond acceptors (Lipinski definition) is 8. The summed E-state index contributed by atoms with van der Waals surface area (Å²) in [5.74, 6) is 0.833. The lowest BCUT2D eigenvalue weighted by Gasteiger charge is -2.20. The van der Waals surface area contributed by atoms with Gasteiger partial charge in [-0.2, -0.15) is 0 Å². The number of H-pyrrole nitrogens is 1. The lowest BCUT2D eigenvalue weighted by molar-refractivity contribution is 0.237. The number of likely N-dealkylation sites (tertiary alicyclic amines) is 1. The molecule has 9 nitrogen and oxygen atoms in total. The highest BCUT2D eigenvalue weighted by atomic mass is 19.1. The SMILES string of the molecule is Fc1cc(OCCN2CCCC2)cc(-c2cncc3[nH]c(C4=CNNc5cnc(-c6cncc(OCc7ccccc7)c6)cc54)cc23)c1. The van der Waals surface area contributed by atoms with Crippen molar-refractivity contribution in [2.45, 2.75) is 19.4 Å². The van der Waals surface area contributed by atoms with Crippen molar-refractivity contribution in [3.8, 4) is 33.9 Å². The van der Waals surface area contributed by atoms with Gasteiger partial charge < -0.3 is 19.9 Å². The molecule has 1 saturated heterocycles. The molecule has 2 aliphatic rings. The van der Waals surface area contributed by atoms with Crippen LogP contribution in [0.1, 0.15) is 29.7 Å². The van der Waals surface area contributed by atoms with E-state index >= 15 is 0 Å². The summed E-state index contributed by atoms with van der Waals surface area (Å²) in [4.78, 5) is 19.5. The summed E-state index contributed by atoms with van der Waals surface area (Å²) in [5.41, 5.74) is 15.0. The largest absolute Gasteiger partial charge is 0.492 e. The zero-order valence-corrected chi connectivity index (χ0v) is 26.2. The highest BCUT2D eigenvalue weighted by Crippen LogP contribution is 2.37. The van der Waals surface area contributed by atoms with Crippen molar-refractivity contribution in [1.82, 2.24) is 30.3 Å².